The van der Waals surface area contributed by atoms with Crippen LogP contribution in [0, 0.1) is 13.8 Å². The number of nitrogens with zero attached hydrogens (tertiary/aromatic N) is 2. The predicted octanol–water partition coefficient (Wildman–Crippen LogP) is 1.45. The fourth-order valence-electron chi connectivity index (χ4n) is 2.04. The zero-order valence-electron chi connectivity index (χ0n) is 13.0. The Morgan fingerprint density at radius 3 is 2.55 bits per heavy atom. The molecule has 2 rings (SSSR count). The highest BCUT2D eigenvalue weighted by Gasteiger charge is 2.25. The molecule has 1 heterocycles. The minimum Gasteiger partial charge on any atom is -0.348 e. The van der Waals surface area contributed by atoms with Gasteiger partial charge in [0.1, 0.15) is 0 Å². The molecule has 1 N–H and O–H groups in total. The lowest BCUT2D eigenvalue weighted by Gasteiger charge is -2.19. The molecule has 1 aromatic rings. The second-order valence-electron chi connectivity index (χ2n) is 5.31. The topological polar surface area (TPSA) is 78.8 Å². The molecule has 0 atom stereocenters. The van der Waals surface area contributed by atoms with Crippen molar-refractivity contribution in [1.82, 2.24) is 9.62 Å². The van der Waals surface area contributed by atoms with Gasteiger partial charge in [-0.05, 0) is 37.5 Å². The van der Waals surface area contributed by atoms with E-state index in [1.165, 1.54) is 25.7 Å². The van der Waals surface area contributed by atoms with Gasteiger partial charge in [-0.1, -0.05) is 18.2 Å². The third-order valence-corrected chi connectivity index (χ3v) is 4.92. The summed E-state index contributed by atoms with van der Waals surface area (Å²) in [6, 6.07) is 5.97. The van der Waals surface area contributed by atoms with Crippen LogP contribution in [0.3, 0.4) is 0 Å². The summed E-state index contributed by atoms with van der Waals surface area (Å²) in [5.74, 6) is -0.346. The molecule has 7 heteroatoms. The molecule has 118 valence electrons. The zero-order valence-corrected chi connectivity index (χ0v) is 13.9. The fraction of sp³-hybridized carbons (Fsp3) is 0.333. The van der Waals surface area contributed by atoms with E-state index in [4.69, 9.17) is 0 Å². The number of hydrogen-bond donors (Lipinski definition) is 1. The summed E-state index contributed by atoms with van der Waals surface area (Å²) in [5, 5.41) is 2.78. The standard InChI is InChI=1S/C15H19N3O3S/c1-10-5-6-13(7-11(10)2)8-16-15(19)14-9-18(4)22(20,21)17-12(14)3/h5-7,9H,8H2,1-4H3,(H,16,19). The van der Waals surface area contributed by atoms with E-state index in [0.717, 1.165) is 15.4 Å². The van der Waals surface area contributed by atoms with Gasteiger partial charge in [0.15, 0.2) is 0 Å². The van der Waals surface area contributed by atoms with Gasteiger partial charge >= 0.3 is 10.2 Å². The first-order valence-electron chi connectivity index (χ1n) is 6.82. The van der Waals surface area contributed by atoms with E-state index in [1.807, 2.05) is 32.0 Å². The molecule has 0 radical (unpaired) electrons. The summed E-state index contributed by atoms with van der Waals surface area (Å²) in [4.78, 5) is 12.2. The minimum absolute atomic E-state index is 0.190. The number of carbonyl (C=O) groups is 1. The Bertz CT molecular complexity index is 779. The van der Waals surface area contributed by atoms with Crippen molar-refractivity contribution >= 4 is 21.8 Å². The van der Waals surface area contributed by atoms with Crippen LogP contribution in [0.25, 0.3) is 0 Å². The Morgan fingerprint density at radius 2 is 1.91 bits per heavy atom. The molecule has 22 heavy (non-hydrogen) atoms. The molecule has 1 amide bonds. The lowest BCUT2D eigenvalue weighted by Crippen LogP contribution is -2.33. The van der Waals surface area contributed by atoms with E-state index in [1.54, 1.807) is 0 Å². The van der Waals surface area contributed by atoms with Crippen LogP contribution in [0.4, 0.5) is 0 Å². The number of rotatable bonds is 3. The van der Waals surface area contributed by atoms with Crippen molar-refractivity contribution in [3.63, 3.8) is 0 Å². The Kier molecular flexibility index (Phi) is 4.37. The minimum atomic E-state index is -3.69. The summed E-state index contributed by atoms with van der Waals surface area (Å²) in [7, 11) is -2.34. The monoisotopic (exact) mass is 321 g/mol. The third-order valence-electron chi connectivity index (χ3n) is 3.59. The van der Waals surface area contributed by atoms with Gasteiger partial charge < -0.3 is 5.32 Å². The van der Waals surface area contributed by atoms with Gasteiger partial charge in [0.05, 0.1) is 11.3 Å². The Balaban J connectivity index is 2.10. The van der Waals surface area contributed by atoms with Gasteiger partial charge in [-0.25, -0.2) is 0 Å². The number of nitrogens with one attached hydrogen (secondary N) is 1. The predicted molar refractivity (Wildman–Crippen MR) is 85.6 cm³/mol. The number of hydrogen-bond acceptors (Lipinski definition) is 3. The number of aryl methyl sites for hydroxylation is 2. The van der Waals surface area contributed by atoms with Crippen LogP contribution < -0.4 is 5.32 Å². The molecular formula is C15H19N3O3S. The van der Waals surface area contributed by atoms with Gasteiger partial charge in [-0.15, -0.1) is 4.40 Å². The molecule has 6 nitrogen and oxygen atoms in total. The van der Waals surface area contributed by atoms with Crippen molar-refractivity contribution in [2.45, 2.75) is 27.3 Å². The molecule has 0 aromatic heterocycles. The first-order chi connectivity index (χ1) is 10.2. The molecule has 1 aliphatic heterocycles. The van der Waals surface area contributed by atoms with Crippen molar-refractivity contribution in [3.8, 4) is 0 Å². The maximum absolute atomic E-state index is 12.2. The number of amides is 1. The van der Waals surface area contributed by atoms with Crippen molar-refractivity contribution < 1.29 is 13.2 Å². The van der Waals surface area contributed by atoms with Crippen LogP contribution in [0.5, 0.6) is 0 Å². The van der Waals surface area contributed by atoms with Gasteiger partial charge in [-0.2, -0.15) is 8.42 Å². The molecule has 1 aliphatic rings. The summed E-state index contributed by atoms with van der Waals surface area (Å²) in [6.45, 7) is 5.93. The van der Waals surface area contributed by atoms with Crippen LogP contribution in [-0.2, 0) is 21.5 Å². The smallest absolute Gasteiger partial charge is 0.344 e. The van der Waals surface area contributed by atoms with Crippen LogP contribution in [-0.4, -0.2) is 31.4 Å². The third kappa shape index (κ3) is 3.36. The first kappa shape index (κ1) is 16.2. The quantitative estimate of drug-likeness (QED) is 0.915. The van der Waals surface area contributed by atoms with Crippen molar-refractivity contribution in [3.05, 3.63) is 46.7 Å². The summed E-state index contributed by atoms with van der Waals surface area (Å²) in [5.41, 5.74) is 3.78. The summed E-state index contributed by atoms with van der Waals surface area (Å²) < 4.78 is 27.6. The maximum Gasteiger partial charge on any atom is 0.344 e. The van der Waals surface area contributed by atoms with E-state index >= 15 is 0 Å². The second-order valence-corrected chi connectivity index (χ2v) is 6.97. The van der Waals surface area contributed by atoms with E-state index in [0.29, 0.717) is 6.54 Å². The SMILES string of the molecule is CC1=NS(=O)(=O)N(C)C=C1C(=O)NCc1ccc(C)c(C)c1. The van der Waals surface area contributed by atoms with E-state index in [9.17, 15) is 13.2 Å². The Labute approximate surface area is 130 Å². The molecule has 0 bridgehead atoms. The van der Waals surface area contributed by atoms with E-state index < -0.39 is 10.2 Å². The zero-order chi connectivity index (χ0) is 16.5. The lowest BCUT2D eigenvalue weighted by molar-refractivity contribution is -0.117. The van der Waals surface area contributed by atoms with Crippen LogP contribution in [0.1, 0.15) is 23.6 Å². The van der Waals surface area contributed by atoms with Crippen LogP contribution in [0.2, 0.25) is 0 Å². The average molecular weight is 321 g/mol. The molecule has 0 saturated carbocycles. The molecule has 0 spiro atoms. The van der Waals surface area contributed by atoms with Crippen LogP contribution in [0.15, 0.2) is 34.4 Å². The van der Waals surface area contributed by atoms with Crippen molar-refractivity contribution in [2.24, 2.45) is 4.40 Å². The highest BCUT2D eigenvalue weighted by molar-refractivity contribution is 7.88. The highest BCUT2D eigenvalue weighted by Crippen LogP contribution is 2.15. The van der Waals surface area contributed by atoms with Crippen LogP contribution >= 0.6 is 0 Å². The Hall–Kier alpha value is -2.15. The average Bonchev–Trinajstić information content (AvgIpc) is 2.43. The maximum atomic E-state index is 12.2. The summed E-state index contributed by atoms with van der Waals surface area (Å²) in [6.07, 6.45) is 1.29. The molecule has 0 aliphatic carbocycles. The second kappa shape index (κ2) is 5.92. The normalized spacial score (nSPS) is 16.8. The number of carbonyl (C=O) groups excluding carboxylic acids is 1. The summed E-state index contributed by atoms with van der Waals surface area (Å²) >= 11 is 0. The van der Waals surface area contributed by atoms with E-state index in [-0.39, 0.29) is 17.2 Å². The van der Waals surface area contributed by atoms with Gasteiger partial charge in [0, 0.05) is 19.8 Å². The lowest BCUT2D eigenvalue weighted by atomic mass is 10.1. The Morgan fingerprint density at radius 1 is 1.23 bits per heavy atom. The van der Waals surface area contributed by atoms with Crippen molar-refractivity contribution in [1.29, 1.82) is 0 Å². The van der Waals surface area contributed by atoms with Gasteiger partial charge in [0.25, 0.3) is 5.91 Å². The first-order valence-corrected chi connectivity index (χ1v) is 8.21. The molecular weight excluding hydrogens is 302 g/mol. The highest BCUT2D eigenvalue weighted by atomic mass is 32.2. The van der Waals surface area contributed by atoms with E-state index in [2.05, 4.69) is 9.71 Å². The van der Waals surface area contributed by atoms with Gasteiger partial charge in [-0.3, -0.25) is 9.10 Å². The fourth-order valence-corrected chi connectivity index (χ4v) is 2.85. The molecule has 1 aromatic carbocycles. The number of benzene rings is 1. The largest absolute Gasteiger partial charge is 0.348 e. The molecule has 0 unspecified atom stereocenters. The molecule has 0 saturated heterocycles. The van der Waals surface area contributed by atoms with Gasteiger partial charge in [0.2, 0.25) is 0 Å². The molecule has 0 fully saturated rings. The van der Waals surface area contributed by atoms with Crippen molar-refractivity contribution in [2.75, 3.05) is 7.05 Å².